The van der Waals surface area contributed by atoms with Gasteiger partial charge in [-0.2, -0.15) is 0 Å². The lowest BCUT2D eigenvalue weighted by Gasteiger charge is -2.41. The fraction of sp³-hybridized carbons (Fsp3) is 0.941. The lowest BCUT2D eigenvalue weighted by Crippen LogP contribution is -2.34. The van der Waals surface area contributed by atoms with Gasteiger partial charge in [0.1, 0.15) is 5.78 Å². The van der Waals surface area contributed by atoms with Gasteiger partial charge in [-0.05, 0) is 67.6 Å². The Hall–Kier alpha value is -0.330. The van der Waals surface area contributed by atoms with E-state index in [1.165, 1.54) is 38.5 Å². The van der Waals surface area contributed by atoms with E-state index >= 15 is 0 Å². The van der Waals surface area contributed by atoms with E-state index in [0.29, 0.717) is 17.1 Å². The summed E-state index contributed by atoms with van der Waals surface area (Å²) in [6.07, 6.45) is 9.07. The summed E-state index contributed by atoms with van der Waals surface area (Å²) in [6.45, 7) is 7.16. The average Bonchev–Trinajstić information content (AvgIpc) is 2.86. The summed E-state index contributed by atoms with van der Waals surface area (Å²) < 4.78 is 0. The van der Waals surface area contributed by atoms with Crippen molar-refractivity contribution in [1.82, 2.24) is 0 Å². The van der Waals surface area contributed by atoms with Crippen LogP contribution in [-0.2, 0) is 4.79 Å². The third-order valence-electron chi connectivity index (χ3n) is 6.67. The summed E-state index contributed by atoms with van der Waals surface area (Å²) in [5.74, 6) is 4.64. The van der Waals surface area contributed by atoms with Gasteiger partial charge < -0.3 is 0 Å². The molecule has 0 aliphatic heterocycles. The second-order valence-electron chi connectivity index (χ2n) is 7.94. The van der Waals surface area contributed by atoms with Crippen LogP contribution in [0.25, 0.3) is 0 Å². The molecule has 3 rings (SSSR count). The predicted octanol–water partition coefficient (Wildman–Crippen LogP) is 4.45. The minimum atomic E-state index is 0.338. The molecule has 5 atom stereocenters. The molecule has 0 heterocycles. The first-order chi connectivity index (χ1) is 8.48. The van der Waals surface area contributed by atoms with Crippen LogP contribution in [0.1, 0.15) is 65.7 Å². The molecule has 3 aliphatic carbocycles. The number of carbonyl (C=O) groups is 1. The molecule has 0 spiro atoms. The zero-order valence-electron chi connectivity index (χ0n) is 12.2. The van der Waals surface area contributed by atoms with Crippen molar-refractivity contribution < 1.29 is 4.79 Å². The molecule has 18 heavy (non-hydrogen) atoms. The summed E-state index contributed by atoms with van der Waals surface area (Å²) in [7, 11) is 0. The van der Waals surface area contributed by atoms with Gasteiger partial charge in [-0.15, -0.1) is 0 Å². The van der Waals surface area contributed by atoms with Gasteiger partial charge in [0.15, 0.2) is 0 Å². The molecule has 3 saturated carbocycles. The van der Waals surface area contributed by atoms with Crippen molar-refractivity contribution >= 4 is 5.78 Å². The number of rotatable bonds is 2. The Kier molecular flexibility index (Phi) is 3.07. The van der Waals surface area contributed by atoms with E-state index in [0.717, 1.165) is 30.1 Å². The van der Waals surface area contributed by atoms with Crippen LogP contribution in [0.4, 0.5) is 0 Å². The van der Waals surface area contributed by atoms with E-state index in [-0.39, 0.29) is 0 Å². The normalized spacial score (nSPS) is 46.6. The molecule has 0 amide bonds. The van der Waals surface area contributed by atoms with Crippen LogP contribution < -0.4 is 0 Å². The van der Waals surface area contributed by atoms with Crippen LogP contribution in [0.5, 0.6) is 0 Å². The molecule has 0 aromatic rings. The van der Waals surface area contributed by atoms with Gasteiger partial charge in [-0.1, -0.05) is 20.8 Å². The lowest BCUT2D eigenvalue weighted by atomic mass is 9.64. The van der Waals surface area contributed by atoms with E-state index in [1.807, 2.05) is 0 Å². The van der Waals surface area contributed by atoms with E-state index in [2.05, 4.69) is 20.8 Å². The van der Waals surface area contributed by atoms with Crippen molar-refractivity contribution in [2.45, 2.75) is 65.7 Å². The summed E-state index contributed by atoms with van der Waals surface area (Å²) >= 11 is 0. The highest BCUT2D eigenvalue weighted by Gasteiger charge is 2.52. The van der Waals surface area contributed by atoms with Crippen molar-refractivity contribution in [2.24, 2.45) is 35.0 Å². The van der Waals surface area contributed by atoms with Gasteiger partial charge in [-0.25, -0.2) is 0 Å². The van der Waals surface area contributed by atoms with Gasteiger partial charge in [-0.3, -0.25) is 4.79 Å². The molecule has 1 nitrogen and oxygen atoms in total. The molecule has 0 radical (unpaired) electrons. The van der Waals surface area contributed by atoms with Gasteiger partial charge in [0.2, 0.25) is 0 Å². The van der Waals surface area contributed by atoms with Crippen molar-refractivity contribution in [1.29, 1.82) is 0 Å². The maximum absolute atomic E-state index is 11.6. The zero-order valence-corrected chi connectivity index (χ0v) is 12.2. The Morgan fingerprint density at radius 3 is 2.56 bits per heavy atom. The average molecular weight is 248 g/mol. The number of Topliss-reactive ketones (excluding diaryl/α,β-unsaturated/α-hetero) is 1. The maximum Gasteiger partial charge on any atom is 0.135 e. The van der Waals surface area contributed by atoms with Crippen LogP contribution in [0.3, 0.4) is 0 Å². The Balaban J connectivity index is 1.65. The van der Waals surface area contributed by atoms with Crippen molar-refractivity contribution in [2.75, 3.05) is 0 Å². The third kappa shape index (κ3) is 1.94. The Morgan fingerprint density at radius 2 is 1.94 bits per heavy atom. The predicted molar refractivity (Wildman–Crippen MR) is 74.2 cm³/mol. The maximum atomic E-state index is 11.6. The van der Waals surface area contributed by atoms with E-state index in [9.17, 15) is 4.79 Å². The molecule has 0 N–H and O–H groups in total. The standard InChI is InChI=1S/C17H28O/c1-11-8-12(4-7-16(11)18)9-15-13-5-6-14(10-13)17(15,2)3/h11-15H,4-10H2,1-3H3/t11-,12-,13+,14+,15-/m1/s1. The number of carbonyl (C=O) groups excluding carboxylic acids is 1. The zero-order chi connectivity index (χ0) is 12.9. The summed E-state index contributed by atoms with van der Waals surface area (Å²) in [6, 6.07) is 0. The molecule has 102 valence electrons. The Labute approximate surface area is 112 Å². The van der Waals surface area contributed by atoms with Crippen LogP contribution in [0.2, 0.25) is 0 Å². The number of hydrogen-bond donors (Lipinski definition) is 0. The van der Waals surface area contributed by atoms with E-state index in [1.54, 1.807) is 0 Å². The Bertz CT molecular complexity index is 344. The highest BCUT2D eigenvalue weighted by atomic mass is 16.1. The van der Waals surface area contributed by atoms with Crippen molar-refractivity contribution in [3.63, 3.8) is 0 Å². The third-order valence-corrected chi connectivity index (χ3v) is 6.67. The summed E-state index contributed by atoms with van der Waals surface area (Å²) in [5.41, 5.74) is 0.577. The molecule has 0 aromatic heterocycles. The highest BCUT2D eigenvalue weighted by molar-refractivity contribution is 5.81. The molecule has 0 saturated heterocycles. The first-order valence-electron chi connectivity index (χ1n) is 8.01. The molecular weight excluding hydrogens is 220 g/mol. The van der Waals surface area contributed by atoms with Gasteiger partial charge in [0.25, 0.3) is 0 Å². The van der Waals surface area contributed by atoms with Crippen molar-refractivity contribution in [3.05, 3.63) is 0 Å². The molecular formula is C17H28O. The Morgan fingerprint density at radius 1 is 1.17 bits per heavy atom. The van der Waals surface area contributed by atoms with E-state index < -0.39 is 0 Å². The van der Waals surface area contributed by atoms with Gasteiger partial charge in [0, 0.05) is 12.3 Å². The molecule has 1 heteroatoms. The largest absolute Gasteiger partial charge is 0.299 e. The molecule has 2 bridgehead atoms. The SMILES string of the molecule is C[C@@H]1C[C@H](C[C@@H]2[C@H]3CC[C@@H](C3)C2(C)C)CCC1=O. The number of ketones is 1. The van der Waals surface area contributed by atoms with E-state index in [4.69, 9.17) is 0 Å². The topological polar surface area (TPSA) is 17.1 Å². The second kappa shape index (κ2) is 4.35. The molecule has 0 aromatic carbocycles. The minimum absolute atomic E-state index is 0.338. The van der Waals surface area contributed by atoms with Crippen LogP contribution >= 0.6 is 0 Å². The number of hydrogen-bond acceptors (Lipinski definition) is 1. The monoisotopic (exact) mass is 248 g/mol. The van der Waals surface area contributed by atoms with Crippen molar-refractivity contribution in [3.8, 4) is 0 Å². The number of fused-ring (bicyclic) bond motifs is 2. The molecule has 3 aliphatic rings. The lowest BCUT2D eigenvalue weighted by molar-refractivity contribution is -0.125. The van der Waals surface area contributed by atoms with Crippen LogP contribution in [0, 0.1) is 35.0 Å². The quantitative estimate of drug-likeness (QED) is 0.705. The minimum Gasteiger partial charge on any atom is -0.299 e. The van der Waals surface area contributed by atoms with Crippen LogP contribution in [-0.4, -0.2) is 5.78 Å². The smallest absolute Gasteiger partial charge is 0.135 e. The second-order valence-corrected chi connectivity index (χ2v) is 7.94. The van der Waals surface area contributed by atoms with Crippen LogP contribution in [0.15, 0.2) is 0 Å². The fourth-order valence-electron chi connectivity index (χ4n) is 5.38. The van der Waals surface area contributed by atoms with Gasteiger partial charge in [0.05, 0.1) is 0 Å². The fourth-order valence-corrected chi connectivity index (χ4v) is 5.38. The summed E-state index contributed by atoms with van der Waals surface area (Å²) in [5, 5.41) is 0. The van der Waals surface area contributed by atoms with Gasteiger partial charge >= 0.3 is 0 Å². The first kappa shape index (κ1) is 12.7. The summed E-state index contributed by atoms with van der Waals surface area (Å²) in [4.78, 5) is 11.6. The highest BCUT2D eigenvalue weighted by Crippen LogP contribution is 2.61. The molecule has 0 unspecified atom stereocenters. The first-order valence-corrected chi connectivity index (χ1v) is 8.01. The molecule has 3 fully saturated rings.